The van der Waals surface area contributed by atoms with Gasteiger partial charge >= 0.3 is 6.03 Å². The Balaban J connectivity index is 1.66. The number of carbonyl (C=O) groups is 3. The summed E-state index contributed by atoms with van der Waals surface area (Å²) in [6, 6.07) is 2.65. The molecule has 8 heteroatoms. The number of amides is 4. The van der Waals surface area contributed by atoms with Gasteiger partial charge in [0.1, 0.15) is 17.9 Å². The number of nitrogens with one attached hydrogen (secondary N) is 2. The van der Waals surface area contributed by atoms with Crippen LogP contribution in [0, 0.1) is 0 Å². The predicted molar refractivity (Wildman–Crippen MR) is 88.6 cm³/mol. The van der Waals surface area contributed by atoms with Gasteiger partial charge in [-0.1, -0.05) is 37.3 Å². The Hall–Kier alpha value is -2.15. The smallest absolute Gasteiger partial charge is 0.323 e. The molecule has 0 unspecified atom stereocenters. The molecule has 1 saturated heterocycles. The largest absolute Gasteiger partial charge is 0.325 e. The number of carbonyl (C=O) groups excluding carboxylic acids is 3. The van der Waals surface area contributed by atoms with Crippen molar-refractivity contribution < 1.29 is 14.4 Å². The number of hydrogen-bond donors (Lipinski definition) is 2. The van der Waals surface area contributed by atoms with Crippen molar-refractivity contribution in [2.24, 2.45) is 0 Å². The second-order valence-corrected chi connectivity index (χ2v) is 6.66. The van der Waals surface area contributed by atoms with Crippen molar-refractivity contribution in [2.45, 2.75) is 44.1 Å². The molecule has 128 valence electrons. The highest BCUT2D eigenvalue weighted by atomic mass is 35.5. The molecule has 3 rings (SSSR count). The fourth-order valence-electron chi connectivity index (χ4n) is 3.27. The van der Waals surface area contributed by atoms with Crippen LogP contribution >= 0.6 is 11.6 Å². The number of aromatic nitrogens is 1. The molecule has 0 aromatic carbocycles. The zero-order chi connectivity index (χ0) is 17.2. The molecule has 1 aromatic rings. The molecule has 2 N–H and O–H groups in total. The Bertz CT molecular complexity index is 654. The van der Waals surface area contributed by atoms with Crippen LogP contribution in [0.3, 0.4) is 0 Å². The van der Waals surface area contributed by atoms with Gasteiger partial charge in [0.25, 0.3) is 5.91 Å². The molecule has 1 saturated carbocycles. The number of urea groups is 1. The first kappa shape index (κ1) is 16.7. The fraction of sp³-hybridized carbons (Fsp3) is 0.500. The van der Waals surface area contributed by atoms with E-state index in [9.17, 15) is 14.4 Å². The molecular weight excluding hydrogens is 332 g/mol. The van der Waals surface area contributed by atoms with E-state index in [0.29, 0.717) is 23.7 Å². The summed E-state index contributed by atoms with van der Waals surface area (Å²) in [6.45, 7) is -0.323. The second-order valence-electron chi connectivity index (χ2n) is 6.23. The van der Waals surface area contributed by atoms with Crippen LogP contribution in [0.4, 0.5) is 10.6 Å². The molecule has 2 fully saturated rings. The summed E-state index contributed by atoms with van der Waals surface area (Å²) < 4.78 is 0. The van der Waals surface area contributed by atoms with Gasteiger partial charge in [-0.3, -0.25) is 14.5 Å². The number of hydrogen-bond acceptors (Lipinski definition) is 4. The van der Waals surface area contributed by atoms with Crippen LogP contribution in [-0.4, -0.2) is 39.8 Å². The van der Waals surface area contributed by atoms with E-state index in [4.69, 9.17) is 11.6 Å². The molecule has 7 nitrogen and oxygen atoms in total. The summed E-state index contributed by atoms with van der Waals surface area (Å²) in [5.74, 6) is -0.451. The van der Waals surface area contributed by atoms with E-state index in [0.717, 1.165) is 30.6 Å². The van der Waals surface area contributed by atoms with E-state index in [1.54, 1.807) is 12.1 Å². The third-order valence-corrected chi connectivity index (χ3v) is 4.72. The minimum Gasteiger partial charge on any atom is -0.323 e. The van der Waals surface area contributed by atoms with Crippen LogP contribution in [-0.2, 0) is 9.59 Å². The third-order valence-electron chi connectivity index (χ3n) is 4.50. The number of pyridine rings is 1. The zero-order valence-corrected chi connectivity index (χ0v) is 13.9. The lowest BCUT2D eigenvalue weighted by molar-refractivity contribution is -0.134. The minimum absolute atomic E-state index is 0.298. The lowest BCUT2D eigenvalue weighted by Crippen LogP contribution is -2.47. The van der Waals surface area contributed by atoms with Gasteiger partial charge in [-0.05, 0) is 25.0 Å². The molecule has 2 heterocycles. The second kappa shape index (κ2) is 6.76. The molecule has 4 amide bonds. The van der Waals surface area contributed by atoms with Crippen molar-refractivity contribution >= 4 is 35.3 Å². The lowest BCUT2D eigenvalue weighted by Gasteiger charge is -2.24. The molecule has 1 aliphatic heterocycles. The summed E-state index contributed by atoms with van der Waals surface area (Å²) in [6.07, 6.45) is 6.61. The number of nitrogens with zero attached hydrogens (tertiary/aromatic N) is 2. The van der Waals surface area contributed by atoms with Crippen LogP contribution in [0.1, 0.15) is 38.5 Å². The van der Waals surface area contributed by atoms with Crippen molar-refractivity contribution in [2.75, 3.05) is 11.9 Å². The van der Waals surface area contributed by atoms with Gasteiger partial charge < -0.3 is 10.6 Å². The van der Waals surface area contributed by atoms with Gasteiger partial charge in [-0.2, -0.15) is 0 Å². The van der Waals surface area contributed by atoms with Gasteiger partial charge in [0.2, 0.25) is 5.91 Å². The molecule has 1 aromatic heterocycles. The number of imide groups is 1. The van der Waals surface area contributed by atoms with Crippen LogP contribution < -0.4 is 10.6 Å². The van der Waals surface area contributed by atoms with Crippen molar-refractivity contribution in [1.82, 2.24) is 15.2 Å². The Labute approximate surface area is 144 Å². The SMILES string of the molecule is O=C(CN1C(=O)NC2(CCCCCC2)C1=O)Nc1ccc(Cl)cn1. The van der Waals surface area contributed by atoms with Crippen molar-refractivity contribution in [3.8, 4) is 0 Å². The first-order chi connectivity index (χ1) is 11.5. The highest BCUT2D eigenvalue weighted by Gasteiger charge is 2.51. The quantitative estimate of drug-likeness (QED) is 0.818. The van der Waals surface area contributed by atoms with Gasteiger partial charge in [-0.15, -0.1) is 0 Å². The van der Waals surface area contributed by atoms with Crippen LogP contribution in [0.2, 0.25) is 5.02 Å². The average molecular weight is 351 g/mol. The van der Waals surface area contributed by atoms with Crippen LogP contribution in [0.25, 0.3) is 0 Å². The molecular formula is C16H19ClN4O3. The van der Waals surface area contributed by atoms with Gasteiger partial charge in [-0.25, -0.2) is 9.78 Å². The number of anilines is 1. The summed E-state index contributed by atoms with van der Waals surface area (Å²) in [4.78, 5) is 42.0. The van der Waals surface area contributed by atoms with E-state index in [1.807, 2.05) is 0 Å². The summed E-state index contributed by atoms with van der Waals surface area (Å²) in [7, 11) is 0. The summed E-state index contributed by atoms with van der Waals surface area (Å²) in [5.41, 5.74) is -0.827. The maximum Gasteiger partial charge on any atom is 0.325 e. The Morgan fingerprint density at radius 3 is 2.58 bits per heavy atom. The molecule has 0 radical (unpaired) electrons. The van der Waals surface area contributed by atoms with E-state index in [1.165, 1.54) is 6.20 Å². The maximum atomic E-state index is 12.7. The Morgan fingerprint density at radius 2 is 1.96 bits per heavy atom. The standard InChI is InChI=1S/C16H19ClN4O3/c17-11-5-6-12(18-9-11)19-13(22)10-21-14(23)16(20-15(21)24)7-3-1-2-4-8-16/h5-6,9H,1-4,7-8,10H2,(H,20,24)(H,18,19,22). The van der Waals surface area contributed by atoms with E-state index in [2.05, 4.69) is 15.6 Å². The maximum absolute atomic E-state index is 12.7. The average Bonchev–Trinajstić information content (AvgIpc) is 2.73. The van der Waals surface area contributed by atoms with Crippen molar-refractivity contribution in [3.63, 3.8) is 0 Å². The molecule has 0 atom stereocenters. The molecule has 2 aliphatic rings. The predicted octanol–water partition coefficient (Wildman–Crippen LogP) is 2.32. The minimum atomic E-state index is -0.827. The number of rotatable bonds is 3. The van der Waals surface area contributed by atoms with E-state index in [-0.39, 0.29) is 12.5 Å². The molecule has 0 bridgehead atoms. The monoisotopic (exact) mass is 350 g/mol. The van der Waals surface area contributed by atoms with Gasteiger partial charge in [0.05, 0.1) is 5.02 Å². The lowest BCUT2D eigenvalue weighted by atomic mass is 9.90. The van der Waals surface area contributed by atoms with E-state index < -0.39 is 17.5 Å². The number of halogens is 1. The fourth-order valence-corrected chi connectivity index (χ4v) is 3.38. The highest BCUT2D eigenvalue weighted by molar-refractivity contribution is 6.30. The third kappa shape index (κ3) is 3.36. The van der Waals surface area contributed by atoms with E-state index >= 15 is 0 Å². The summed E-state index contributed by atoms with van der Waals surface area (Å²) >= 11 is 5.74. The Kier molecular flexibility index (Phi) is 4.71. The van der Waals surface area contributed by atoms with Gasteiger partial charge in [0.15, 0.2) is 0 Å². The first-order valence-electron chi connectivity index (χ1n) is 8.06. The zero-order valence-electron chi connectivity index (χ0n) is 13.2. The normalized spacial score (nSPS) is 20.0. The Morgan fingerprint density at radius 1 is 1.25 bits per heavy atom. The van der Waals surface area contributed by atoms with Crippen LogP contribution in [0.5, 0.6) is 0 Å². The highest BCUT2D eigenvalue weighted by Crippen LogP contribution is 2.32. The molecule has 24 heavy (non-hydrogen) atoms. The van der Waals surface area contributed by atoms with Crippen molar-refractivity contribution in [1.29, 1.82) is 0 Å². The van der Waals surface area contributed by atoms with Crippen molar-refractivity contribution in [3.05, 3.63) is 23.4 Å². The molecule has 1 aliphatic carbocycles. The topological polar surface area (TPSA) is 91.4 Å². The first-order valence-corrected chi connectivity index (χ1v) is 8.43. The molecule has 1 spiro atoms. The van der Waals surface area contributed by atoms with Crippen LogP contribution in [0.15, 0.2) is 18.3 Å². The van der Waals surface area contributed by atoms with Gasteiger partial charge in [0, 0.05) is 6.20 Å². The summed E-state index contributed by atoms with van der Waals surface area (Å²) in [5, 5.41) is 5.82.